The molecule has 0 radical (unpaired) electrons. The molecule has 0 aliphatic carbocycles. The van der Waals surface area contributed by atoms with Crippen LogP contribution in [0.1, 0.15) is 20.7 Å². The summed E-state index contributed by atoms with van der Waals surface area (Å²) >= 11 is 0. The van der Waals surface area contributed by atoms with Gasteiger partial charge in [-0.3, -0.25) is 0 Å². The summed E-state index contributed by atoms with van der Waals surface area (Å²) in [6.45, 7) is 0.127. The summed E-state index contributed by atoms with van der Waals surface area (Å²) in [5, 5.41) is 0. The van der Waals surface area contributed by atoms with Gasteiger partial charge in [-0.2, -0.15) is 0 Å². The average Bonchev–Trinajstić information content (AvgIpc) is 2.64. The van der Waals surface area contributed by atoms with E-state index in [1.807, 2.05) is 12.1 Å². The Balaban J connectivity index is 1.67. The molecule has 0 N–H and O–H groups in total. The van der Waals surface area contributed by atoms with Crippen molar-refractivity contribution in [2.45, 2.75) is 12.2 Å². The summed E-state index contributed by atoms with van der Waals surface area (Å²) in [5.41, 5.74) is 0.866. The lowest BCUT2D eigenvalue weighted by molar-refractivity contribution is -0.0491. The zero-order valence-corrected chi connectivity index (χ0v) is 12.8. The van der Waals surface area contributed by atoms with E-state index in [0.29, 0.717) is 11.1 Å². The SMILES string of the molecule is O=C(O[C@H]1C=COC[C@H]1OC(=O)c1ccccc1)c1ccccc1. The van der Waals surface area contributed by atoms with E-state index in [2.05, 4.69) is 0 Å². The summed E-state index contributed by atoms with van der Waals surface area (Å²) in [7, 11) is 0. The lowest BCUT2D eigenvalue weighted by atomic mass is 10.1. The third-order valence-electron chi connectivity index (χ3n) is 3.51. The van der Waals surface area contributed by atoms with Crippen LogP contribution in [0.3, 0.4) is 0 Å². The van der Waals surface area contributed by atoms with Crippen LogP contribution in [0.25, 0.3) is 0 Å². The van der Waals surface area contributed by atoms with Crippen molar-refractivity contribution < 1.29 is 23.8 Å². The maximum absolute atomic E-state index is 12.2. The third-order valence-corrected chi connectivity index (χ3v) is 3.51. The summed E-state index contributed by atoms with van der Waals surface area (Å²) in [4.78, 5) is 24.3. The molecule has 0 unspecified atom stereocenters. The van der Waals surface area contributed by atoms with Gasteiger partial charge in [-0.25, -0.2) is 9.59 Å². The number of ether oxygens (including phenoxy) is 3. The number of carbonyl (C=O) groups is 2. The molecule has 122 valence electrons. The summed E-state index contributed by atoms with van der Waals surface area (Å²) < 4.78 is 16.1. The van der Waals surface area contributed by atoms with Crippen molar-refractivity contribution in [3.8, 4) is 0 Å². The first-order chi connectivity index (χ1) is 11.7. The van der Waals surface area contributed by atoms with Crippen LogP contribution in [-0.2, 0) is 14.2 Å². The first-order valence-corrected chi connectivity index (χ1v) is 7.54. The van der Waals surface area contributed by atoms with E-state index in [1.165, 1.54) is 6.26 Å². The Morgan fingerprint density at radius 2 is 1.38 bits per heavy atom. The molecule has 5 heteroatoms. The van der Waals surface area contributed by atoms with Gasteiger partial charge in [-0.1, -0.05) is 36.4 Å². The van der Waals surface area contributed by atoms with Gasteiger partial charge in [0.05, 0.1) is 17.4 Å². The van der Waals surface area contributed by atoms with Gasteiger partial charge in [0.25, 0.3) is 0 Å². The van der Waals surface area contributed by atoms with Gasteiger partial charge in [0, 0.05) is 0 Å². The summed E-state index contributed by atoms with van der Waals surface area (Å²) in [6, 6.07) is 17.3. The van der Waals surface area contributed by atoms with E-state index in [1.54, 1.807) is 54.6 Å². The minimum atomic E-state index is -0.699. The molecule has 2 aromatic carbocycles. The number of hydrogen-bond donors (Lipinski definition) is 0. The molecular formula is C19H16O5. The van der Waals surface area contributed by atoms with Crippen LogP contribution < -0.4 is 0 Å². The molecular weight excluding hydrogens is 308 g/mol. The lowest BCUT2D eigenvalue weighted by Crippen LogP contribution is -2.39. The number of carbonyl (C=O) groups excluding carboxylic acids is 2. The molecule has 1 aliphatic rings. The molecule has 0 fully saturated rings. The number of hydrogen-bond acceptors (Lipinski definition) is 5. The standard InChI is InChI=1S/C19H16O5/c20-18(14-7-3-1-4-8-14)23-16-11-12-22-13-17(16)24-19(21)15-9-5-2-6-10-15/h1-12,16-17H,13H2/t16-,17+/m0/s1. The Kier molecular flexibility index (Phi) is 4.91. The highest BCUT2D eigenvalue weighted by Crippen LogP contribution is 2.16. The van der Waals surface area contributed by atoms with Crippen molar-refractivity contribution in [3.05, 3.63) is 84.1 Å². The molecule has 3 rings (SSSR count). The van der Waals surface area contributed by atoms with Crippen LogP contribution in [0.15, 0.2) is 73.0 Å². The molecule has 24 heavy (non-hydrogen) atoms. The number of esters is 2. The van der Waals surface area contributed by atoms with Crippen LogP contribution in [0.5, 0.6) is 0 Å². The van der Waals surface area contributed by atoms with Crippen molar-refractivity contribution in [1.29, 1.82) is 0 Å². The summed E-state index contributed by atoms with van der Waals surface area (Å²) in [6.07, 6.45) is 1.61. The van der Waals surface area contributed by atoms with Crippen LogP contribution in [0.4, 0.5) is 0 Å². The molecule has 5 nitrogen and oxygen atoms in total. The molecule has 0 amide bonds. The first kappa shape index (κ1) is 15.8. The lowest BCUT2D eigenvalue weighted by Gasteiger charge is -2.27. The zero-order chi connectivity index (χ0) is 16.8. The van der Waals surface area contributed by atoms with Gasteiger partial charge >= 0.3 is 11.9 Å². The van der Waals surface area contributed by atoms with Gasteiger partial charge in [0.15, 0.2) is 12.2 Å². The molecule has 0 spiro atoms. The zero-order valence-electron chi connectivity index (χ0n) is 12.8. The molecule has 1 heterocycles. The van der Waals surface area contributed by atoms with E-state index in [-0.39, 0.29) is 6.61 Å². The highest BCUT2D eigenvalue weighted by molar-refractivity contribution is 5.90. The molecule has 2 atom stereocenters. The molecule has 0 bridgehead atoms. The minimum absolute atomic E-state index is 0.127. The van der Waals surface area contributed by atoms with Crippen LogP contribution in [0, 0.1) is 0 Å². The van der Waals surface area contributed by atoms with E-state index < -0.39 is 24.1 Å². The third kappa shape index (κ3) is 3.81. The van der Waals surface area contributed by atoms with E-state index in [0.717, 1.165) is 0 Å². The number of benzene rings is 2. The van der Waals surface area contributed by atoms with Crippen molar-refractivity contribution in [1.82, 2.24) is 0 Å². The second kappa shape index (κ2) is 7.46. The van der Waals surface area contributed by atoms with Gasteiger partial charge in [-0.05, 0) is 30.3 Å². The second-order valence-corrected chi connectivity index (χ2v) is 5.21. The predicted octanol–water partition coefficient (Wildman–Crippen LogP) is 2.98. The Hall–Kier alpha value is -3.08. The van der Waals surface area contributed by atoms with Gasteiger partial charge in [0.2, 0.25) is 0 Å². The van der Waals surface area contributed by atoms with E-state index >= 15 is 0 Å². The second-order valence-electron chi connectivity index (χ2n) is 5.21. The Morgan fingerprint density at radius 1 is 0.833 bits per heavy atom. The van der Waals surface area contributed by atoms with Crippen LogP contribution in [0.2, 0.25) is 0 Å². The van der Waals surface area contributed by atoms with E-state index in [4.69, 9.17) is 14.2 Å². The normalized spacial score (nSPS) is 19.2. The van der Waals surface area contributed by atoms with Gasteiger partial charge < -0.3 is 14.2 Å². The molecule has 2 aromatic rings. The highest BCUT2D eigenvalue weighted by Gasteiger charge is 2.30. The Morgan fingerprint density at radius 3 is 1.96 bits per heavy atom. The first-order valence-electron chi connectivity index (χ1n) is 7.54. The van der Waals surface area contributed by atoms with Crippen LogP contribution >= 0.6 is 0 Å². The van der Waals surface area contributed by atoms with Gasteiger partial charge in [-0.15, -0.1) is 0 Å². The quantitative estimate of drug-likeness (QED) is 0.809. The summed E-state index contributed by atoms with van der Waals surface area (Å²) in [5.74, 6) is -0.965. The van der Waals surface area contributed by atoms with Crippen molar-refractivity contribution in [2.75, 3.05) is 6.61 Å². The molecule has 0 saturated heterocycles. The fraction of sp³-hybridized carbons (Fsp3) is 0.158. The fourth-order valence-electron chi connectivity index (χ4n) is 2.26. The maximum Gasteiger partial charge on any atom is 0.338 e. The average molecular weight is 324 g/mol. The molecule has 0 saturated carbocycles. The Labute approximate surface area is 139 Å². The van der Waals surface area contributed by atoms with Gasteiger partial charge in [0.1, 0.15) is 6.61 Å². The monoisotopic (exact) mass is 324 g/mol. The van der Waals surface area contributed by atoms with E-state index in [9.17, 15) is 9.59 Å². The predicted molar refractivity (Wildman–Crippen MR) is 86.4 cm³/mol. The maximum atomic E-state index is 12.2. The molecule has 0 aromatic heterocycles. The number of rotatable bonds is 4. The largest absolute Gasteiger partial charge is 0.497 e. The smallest absolute Gasteiger partial charge is 0.338 e. The Bertz CT molecular complexity index is 724. The topological polar surface area (TPSA) is 61.8 Å². The highest BCUT2D eigenvalue weighted by atomic mass is 16.6. The van der Waals surface area contributed by atoms with Crippen molar-refractivity contribution in [3.63, 3.8) is 0 Å². The fourth-order valence-corrected chi connectivity index (χ4v) is 2.26. The minimum Gasteiger partial charge on any atom is -0.497 e. The molecule has 1 aliphatic heterocycles. The van der Waals surface area contributed by atoms with Crippen LogP contribution in [-0.4, -0.2) is 30.8 Å². The van der Waals surface area contributed by atoms with Crippen molar-refractivity contribution in [2.24, 2.45) is 0 Å². The van der Waals surface area contributed by atoms with Crippen molar-refractivity contribution >= 4 is 11.9 Å².